The molecule has 2 unspecified atom stereocenters. The first-order valence-electron chi connectivity index (χ1n) is 5.98. The summed E-state index contributed by atoms with van der Waals surface area (Å²) in [6.07, 6.45) is 7.20. The van der Waals surface area contributed by atoms with Crippen molar-refractivity contribution in [3.63, 3.8) is 0 Å². The third kappa shape index (κ3) is 4.69. The molecule has 0 amide bonds. The molecule has 2 N–H and O–H groups in total. The Morgan fingerprint density at radius 3 is 2.82 bits per heavy atom. The quantitative estimate of drug-likeness (QED) is 0.803. The normalized spacial score (nSPS) is 15.2. The zero-order chi connectivity index (χ0) is 12.8. The van der Waals surface area contributed by atoms with Crippen LogP contribution in [0.1, 0.15) is 24.9 Å². The lowest BCUT2D eigenvalue weighted by molar-refractivity contribution is 0.239. The predicted molar refractivity (Wildman–Crippen MR) is 75.2 cm³/mol. The molecule has 2 atom stereocenters. The molecule has 0 aliphatic heterocycles. The number of nitrogens with zero attached hydrogens (tertiary/aromatic N) is 3. The molecule has 0 radical (unpaired) electrons. The van der Waals surface area contributed by atoms with Gasteiger partial charge in [0, 0.05) is 37.4 Å². The van der Waals surface area contributed by atoms with E-state index in [1.165, 1.54) is 12.2 Å². The number of nitrogens with two attached hydrogens (primary N) is 1. The third-order valence-electron chi connectivity index (χ3n) is 3.13. The average Bonchev–Trinajstić information content (AvgIpc) is 2.72. The number of aromatic nitrogens is 2. The van der Waals surface area contributed by atoms with Crippen LogP contribution in [-0.4, -0.2) is 46.3 Å². The fourth-order valence-corrected chi connectivity index (χ4v) is 2.31. The highest BCUT2D eigenvalue weighted by molar-refractivity contribution is 7.98. The molecule has 0 bridgehead atoms. The van der Waals surface area contributed by atoms with E-state index in [1.807, 2.05) is 31.2 Å². The van der Waals surface area contributed by atoms with Crippen molar-refractivity contribution in [2.45, 2.75) is 25.4 Å². The van der Waals surface area contributed by atoms with Gasteiger partial charge < -0.3 is 10.6 Å². The van der Waals surface area contributed by atoms with Crippen LogP contribution < -0.4 is 5.73 Å². The minimum atomic E-state index is 0.0467. The Bertz CT molecular complexity index is 326. The van der Waals surface area contributed by atoms with Crippen LogP contribution in [-0.2, 0) is 7.05 Å². The van der Waals surface area contributed by atoms with Crippen molar-refractivity contribution in [3.8, 4) is 0 Å². The molecule has 17 heavy (non-hydrogen) atoms. The number of aryl methyl sites for hydroxylation is 1. The van der Waals surface area contributed by atoms with Gasteiger partial charge in [0.05, 0.1) is 6.20 Å². The fourth-order valence-electron chi connectivity index (χ4n) is 1.74. The predicted octanol–water partition coefficient (Wildman–Crippen LogP) is 1.49. The first kappa shape index (κ1) is 14.5. The Morgan fingerprint density at radius 1 is 1.59 bits per heavy atom. The zero-order valence-corrected chi connectivity index (χ0v) is 12.1. The van der Waals surface area contributed by atoms with Gasteiger partial charge in [0.25, 0.3) is 0 Å². The molecule has 0 spiro atoms. The highest BCUT2D eigenvalue weighted by atomic mass is 32.2. The minimum Gasteiger partial charge on any atom is -0.323 e. The van der Waals surface area contributed by atoms with Crippen molar-refractivity contribution in [3.05, 3.63) is 18.0 Å². The Hall–Kier alpha value is -0.520. The number of hydrogen-bond acceptors (Lipinski definition) is 4. The van der Waals surface area contributed by atoms with Gasteiger partial charge in [-0.2, -0.15) is 16.9 Å². The smallest absolute Gasteiger partial charge is 0.0537 e. The molecular formula is C12H24N4S. The van der Waals surface area contributed by atoms with E-state index in [0.717, 1.165) is 12.1 Å². The Labute approximate surface area is 109 Å². The van der Waals surface area contributed by atoms with Gasteiger partial charge in [0.1, 0.15) is 0 Å². The van der Waals surface area contributed by atoms with Crippen molar-refractivity contribution >= 4 is 11.8 Å². The van der Waals surface area contributed by atoms with E-state index in [9.17, 15) is 0 Å². The summed E-state index contributed by atoms with van der Waals surface area (Å²) in [6, 6.07) is 0.621. The van der Waals surface area contributed by atoms with Gasteiger partial charge >= 0.3 is 0 Å². The summed E-state index contributed by atoms with van der Waals surface area (Å²) in [7, 11) is 4.06. The molecule has 0 aliphatic rings. The lowest BCUT2D eigenvalue weighted by Gasteiger charge is -2.27. The molecule has 0 fully saturated rings. The molecule has 98 valence electrons. The van der Waals surface area contributed by atoms with Crippen molar-refractivity contribution < 1.29 is 0 Å². The van der Waals surface area contributed by atoms with E-state index in [4.69, 9.17) is 5.73 Å². The minimum absolute atomic E-state index is 0.0467. The van der Waals surface area contributed by atoms with Crippen LogP contribution in [0.25, 0.3) is 0 Å². The van der Waals surface area contributed by atoms with Crippen molar-refractivity contribution in [2.75, 3.05) is 25.6 Å². The van der Waals surface area contributed by atoms with Gasteiger partial charge in [-0.25, -0.2) is 0 Å². The second-order valence-electron chi connectivity index (χ2n) is 4.62. The maximum Gasteiger partial charge on any atom is 0.0537 e. The van der Waals surface area contributed by atoms with Gasteiger partial charge in [-0.3, -0.25) is 4.68 Å². The summed E-state index contributed by atoms with van der Waals surface area (Å²) in [4.78, 5) is 2.33. The lowest BCUT2D eigenvalue weighted by Crippen LogP contribution is -2.35. The van der Waals surface area contributed by atoms with Crippen LogP contribution in [0.4, 0.5) is 0 Å². The Morgan fingerprint density at radius 2 is 2.29 bits per heavy atom. The van der Waals surface area contributed by atoms with Gasteiger partial charge in [0.15, 0.2) is 0 Å². The van der Waals surface area contributed by atoms with Crippen LogP contribution >= 0.6 is 11.8 Å². The summed E-state index contributed by atoms with van der Waals surface area (Å²) < 4.78 is 1.80. The van der Waals surface area contributed by atoms with Crippen molar-refractivity contribution in [1.29, 1.82) is 0 Å². The molecule has 0 aromatic carbocycles. The lowest BCUT2D eigenvalue weighted by atomic mass is 10.1. The van der Waals surface area contributed by atoms with E-state index in [2.05, 4.69) is 30.2 Å². The molecular weight excluding hydrogens is 232 g/mol. The van der Waals surface area contributed by atoms with E-state index in [1.54, 1.807) is 4.68 Å². The first-order chi connectivity index (χ1) is 8.04. The van der Waals surface area contributed by atoms with E-state index >= 15 is 0 Å². The monoisotopic (exact) mass is 256 g/mol. The third-order valence-corrected chi connectivity index (χ3v) is 3.77. The average molecular weight is 256 g/mol. The molecule has 0 saturated carbocycles. The van der Waals surface area contributed by atoms with Gasteiger partial charge in [0.2, 0.25) is 0 Å². The SMILES string of the molecule is CSCCC(C)N(C)CC(N)c1cnn(C)c1. The molecule has 0 saturated heterocycles. The van der Waals surface area contributed by atoms with Crippen molar-refractivity contribution in [2.24, 2.45) is 12.8 Å². The van der Waals surface area contributed by atoms with Crippen LogP contribution in [0.3, 0.4) is 0 Å². The summed E-state index contributed by atoms with van der Waals surface area (Å²) in [6.45, 7) is 3.13. The fraction of sp³-hybridized carbons (Fsp3) is 0.750. The molecule has 0 aliphatic carbocycles. The second kappa shape index (κ2) is 7.03. The van der Waals surface area contributed by atoms with Crippen LogP contribution in [0.5, 0.6) is 0 Å². The Balaban J connectivity index is 2.42. The maximum atomic E-state index is 6.18. The molecule has 5 heteroatoms. The molecule has 1 heterocycles. The highest BCUT2D eigenvalue weighted by Gasteiger charge is 2.14. The molecule has 4 nitrogen and oxygen atoms in total. The van der Waals surface area contributed by atoms with Crippen LogP contribution in [0, 0.1) is 0 Å². The summed E-state index contributed by atoms with van der Waals surface area (Å²) in [5.74, 6) is 1.20. The van der Waals surface area contributed by atoms with Gasteiger partial charge in [-0.1, -0.05) is 0 Å². The number of thioether (sulfide) groups is 1. The summed E-state index contributed by atoms with van der Waals surface area (Å²) in [5, 5.41) is 4.15. The van der Waals surface area contributed by atoms with E-state index in [-0.39, 0.29) is 6.04 Å². The summed E-state index contributed by atoms with van der Waals surface area (Å²) >= 11 is 1.89. The Kier molecular flexibility index (Phi) is 6.02. The molecule has 1 aromatic heterocycles. The van der Waals surface area contributed by atoms with E-state index in [0.29, 0.717) is 6.04 Å². The standard InChI is InChI=1S/C12H24N4S/c1-10(5-6-17-4)15(2)9-12(13)11-7-14-16(3)8-11/h7-8,10,12H,5-6,9,13H2,1-4H3. The zero-order valence-electron chi connectivity index (χ0n) is 11.3. The molecule has 1 rings (SSSR count). The number of rotatable bonds is 7. The summed E-state index contributed by atoms with van der Waals surface area (Å²) in [5.41, 5.74) is 7.28. The van der Waals surface area contributed by atoms with Crippen LogP contribution in [0.2, 0.25) is 0 Å². The topological polar surface area (TPSA) is 47.1 Å². The number of hydrogen-bond donors (Lipinski definition) is 1. The second-order valence-corrected chi connectivity index (χ2v) is 5.61. The van der Waals surface area contributed by atoms with Crippen LogP contribution in [0.15, 0.2) is 12.4 Å². The maximum absolute atomic E-state index is 6.18. The first-order valence-corrected chi connectivity index (χ1v) is 7.37. The van der Waals surface area contributed by atoms with Gasteiger partial charge in [-0.05, 0) is 32.4 Å². The highest BCUT2D eigenvalue weighted by Crippen LogP contribution is 2.13. The van der Waals surface area contributed by atoms with Gasteiger partial charge in [-0.15, -0.1) is 0 Å². The largest absolute Gasteiger partial charge is 0.323 e. The van der Waals surface area contributed by atoms with E-state index < -0.39 is 0 Å². The van der Waals surface area contributed by atoms with Crippen molar-refractivity contribution in [1.82, 2.24) is 14.7 Å². The molecule has 1 aromatic rings. The number of likely N-dealkylation sites (N-methyl/N-ethyl adjacent to an activating group) is 1.